The molecule has 1 N–H and O–H groups in total. The largest absolute Gasteiger partial charge is 0.464 e. The topological polar surface area (TPSA) is 43.0 Å². The van der Waals surface area contributed by atoms with Gasteiger partial charge in [0.05, 0.1) is 16.9 Å². The van der Waals surface area contributed by atoms with Crippen molar-refractivity contribution in [1.29, 1.82) is 0 Å². The number of nitrogens with one attached hydrogen (secondary N) is 1. The monoisotopic (exact) mass is 281 g/mol. The summed E-state index contributed by atoms with van der Waals surface area (Å²) in [4.78, 5) is 0. The summed E-state index contributed by atoms with van der Waals surface area (Å²) in [6, 6.07) is 3.94. The van der Waals surface area contributed by atoms with Crippen LogP contribution in [0.15, 0.2) is 22.7 Å². The van der Waals surface area contributed by atoms with Gasteiger partial charge in [0.25, 0.3) is 0 Å². The van der Waals surface area contributed by atoms with E-state index < -0.39 is 0 Å². The molecule has 1 atom stereocenters. The molecule has 0 amide bonds. The molecule has 0 saturated heterocycles. The van der Waals surface area contributed by atoms with E-state index in [1.807, 2.05) is 23.9 Å². The zero-order chi connectivity index (χ0) is 13.8. The highest BCUT2D eigenvalue weighted by atomic mass is 35.5. The van der Waals surface area contributed by atoms with Crippen LogP contribution in [-0.2, 0) is 13.0 Å². The first kappa shape index (κ1) is 14.2. The Hall–Kier alpha value is -1.26. The Kier molecular flexibility index (Phi) is 4.66. The van der Waals surface area contributed by atoms with Gasteiger partial charge in [-0.05, 0) is 25.6 Å². The van der Waals surface area contributed by atoms with Gasteiger partial charge in [0.1, 0.15) is 17.6 Å². The molecule has 0 spiro atoms. The molecule has 5 heteroatoms. The lowest BCUT2D eigenvalue weighted by Crippen LogP contribution is -2.21. The molecule has 0 aliphatic rings. The first-order valence-corrected chi connectivity index (χ1v) is 7.06. The van der Waals surface area contributed by atoms with Crippen molar-refractivity contribution in [3.05, 3.63) is 40.6 Å². The molecule has 2 rings (SSSR count). The predicted octanol–water partition coefficient (Wildman–Crippen LogP) is 3.41. The van der Waals surface area contributed by atoms with Crippen molar-refractivity contribution in [2.24, 2.45) is 0 Å². The van der Waals surface area contributed by atoms with Crippen molar-refractivity contribution >= 4 is 11.6 Å². The molecule has 4 nitrogen and oxygen atoms in total. The van der Waals surface area contributed by atoms with E-state index in [0.717, 1.165) is 36.6 Å². The molecule has 0 aromatic carbocycles. The van der Waals surface area contributed by atoms with Gasteiger partial charge >= 0.3 is 0 Å². The van der Waals surface area contributed by atoms with Crippen LogP contribution in [0.2, 0.25) is 5.02 Å². The van der Waals surface area contributed by atoms with E-state index in [2.05, 4.69) is 24.3 Å². The fourth-order valence-corrected chi connectivity index (χ4v) is 2.45. The van der Waals surface area contributed by atoms with Gasteiger partial charge in [-0.2, -0.15) is 5.10 Å². The number of furan rings is 1. The van der Waals surface area contributed by atoms with Crippen LogP contribution in [0.1, 0.15) is 43.5 Å². The molecule has 0 radical (unpaired) electrons. The van der Waals surface area contributed by atoms with Crippen molar-refractivity contribution in [3.63, 3.8) is 0 Å². The maximum Gasteiger partial charge on any atom is 0.127 e. The Morgan fingerprint density at radius 3 is 2.79 bits per heavy atom. The third-order valence-corrected chi connectivity index (χ3v) is 3.44. The summed E-state index contributed by atoms with van der Waals surface area (Å²) in [7, 11) is 1.90. The number of aromatic nitrogens is 2. The van der Waals surface area contributed by atoms with Crippen LogP contribution in [0.4, 0.5) is 0 Å². The van der Waals surface area contributed by atoms with Crippen LogP contribution < -0.4 is 5.32 Å². The molecule has 2 heterocycles. The summed E-state index contributed by atoms with van der Waals surface area (Å²) in [5, 5.41) is 8.26. The Balaban J connectivity index is 2.38. The molecule has 0 saturated carbocycles. The van der Waals surface area contributed by atoms with Crippen LogP contribution in [0.5, 0.6) is 0 Å². The van der Waals surface area contributed by atoms with Crippen molar-refractivity contribution in [2.45, 2.75) is 39.3 Å². The number of rotatable bonds is 6. The Labute approximate surface area is 118 Å². The summed E-state index contributed by atoms with van der Waals surface area (Å²) in [5.41, 5.74) is 0.961. The fourth-order valence-electron chi connectivity index (χ4n) is 2.20. The van der Waals surface area contributed by atoms with Gasteiger partial charge in [-0.1, -0.05) is 25.4 Å². The van der Waals surface area contributed by atoms with Crippen LogP contribution in [0, 0.1) is 0 Å². The Bertz CT molecular complexity index is 533. The van der Waals surface area contributed by atoms with Gasteiger partial charge in [-0.3, -0.25) is 4.68 Å². The van der Waals surface area contributed by atoms with Crippen LogP contribution in [0.3, 0.4) is 0 Å². The third kappa shape index (κ3) is 2.85. The second-order valence-corrected chi connectivity index (χ2v) is 4.89. The van der Waals surface area contributed by atoms with E-state index in [1.165, 1.54) is 0 Å². The SMILES string of the molecule is CCCn1ncc(Cl)c1C(NC)c1ccc(CC)o1. The maximum atomic E-state index is 6.28. The van der Waals surface area contributed by atoms with Gasteiger partial charge in [0.2, 0.25) is 0 Å². The third-order valence-electron chi connectivity index (χ3n) is 3.15. The number of hydrogen-bond acceptors (Lipinski definition) is 3. The molecular formula is C14H20ClN3O. The van der Waals surface area contributed by atoms with Gasteiger partial charge in [0, 0.05) is 13.0 Å². The molecular weight excluding hydrogens is 262 g/mol. The van der Waals surface area contributed by atoms with Gasteiger partial charge < -0.3 is 9.73 Å². The first-order chi connectivity index (χ1) is 9.21. The van der Waals surface area contributed by atoms with E-state index in [9.17, 15) is 0 Å². The lowest BCUT2D eigenvalue weighted by molar-refractivity contribution is 0.417. The van der Waals surface area contributed by atoms with Gasteiger partial charge in [-0.15, -0.1) is 0 Å². The van der Waals surface area contributed by atoms with E-state index in [-0.39, 0.29) is 6.04 Å². The molecule has 2 aromatic heterocycles. The Morgan fingerprint density at radius 1 is 1.42 bits per heavy atom. The van der Waals surface area contributed by atoms with Crippen LogP contribution >= 0.6 is 11.6 Å². The number of hydrogen-bond donors (Lipinski definition) is 1. The molecule has 2 aromatic rings. The Morgan fingerprint density at radius 2 is 2.21 bits per heavy atom. The molecule has 1 unspecified atom stereocenters. The number of nitrogens with zero attached hydrogens (tertiary/aromatic N) is 2. The lowest BCUT2D eigenvalue weighted by atomic mass is 10.1. The van der Waals surface area contributed by atoms with Crippen molar-refractivity contribution in [2.75, 3.05) is 7.05 Å². The summed E-state index contributed by atoms with van der Waals surface area (Å²) in [6.45, 7) is 5.04. The van der Waals surface area contributed by atoms with Crippen molar-refractivity contribution < 1.29 is 4.42 Å². The minimum atomic E-state index is -0.0677. The number of halogens is 1. The van der Waals surface area contributed by atoms with Crippen LogP contribution in [-0.4, -0.2) is 16.8 Å². The average Bonchev–Trinajstić information content (AvgIpc) is 3.01. The first-order valence-electron chi connectivity index (χ1n) is 6.68. The highest BCUT2D eigenvalue weighted by Gasteiger charge is 2.23. The average molecular weight is 282 g/mol. The molecule has 104 valence electrons. The molecule has 0 aliphatic heterocycles. The lowest BCUT2D eigenvalue weighted by Gasteiger charge is -2.16. The zero-order valence-corrected chi connectivity index (χ0v) is 12.4. The summed E-state index contributed by atoms with van der Waals surface area (Å²) in [5.74, 6) is 1.85. The van der Waals surface area contributed by atoms with Crippen LogP contribution in [0.25, 0.3) is 0 Å². The summed E-state index contributed by atoms with van der Waals surface area (Å²) in [6.07, 6.45) is 3.60. The van der Waals surface area contributed by atoms with E-state index in [1.54, 1.807) is 6.20 Å². The smallest absolute Gasteiger partial charge is 0.127 e. The van der Waals surface area contributed by atoms with Crippen molar-refractivity contribution in [1.82, 2.24) is 15.1 Å². The van der Waals surface area contributed by atoms with E-state index in [0.29, 0.717) is 5.02 Å². The summed E-state index contributed by atoms with van der Waals surface area (Å²) < 4.78 is 7.78. The second kappa shape index (κ2) is 6.26. The second-order valence-electron chi connectivity index (χ2n) is 4.48. The van der Waals surface area contributed by atoms with Gasteiger partial charge in [0.15, 0.2) is 0 Å². The zero-order valence-electron chi connectivity index (χ0n) is 11.6. The fraction of sp³-hybridized carbons (Fsp3) is 0.500. The number of aryl methyl sites for hydroxylation is 2. The molecule has 0 aliphatic carbocycles. The molecule has 0 fully saturated rings. The molecule has 19 heavy (non-hydrogen) atoms. The van der Waals surface area contributed by atoms with E-state index in [4.69, 9.17) is 16.0 Å². The minimum Gasteiger partial charge on any atom is -0.464 e. The molecule has 0 bridgehead atoms. The standard InChI is InChI=1S/C14H20ClN3O/c1-4-8-18-14(11(15)9-17-18)13(16-3)12-7-6-10(5-2)19-12/h6-7,9,13,16H,4-5,8H2,1-3H3. The highest BCUT2D eigenvalue weighted by molar-refractivity contribution is 6.31. The van der Waals surface area contributed by atoms with E-state index >= 15 is 0 Å². The highest BCUT2D eigenvalue weighted by Crippen LogP contribution is 2.29. The van der Waals surface area contributed by atoms with Crippen molar-refractivity contribution in [3.8, 4) is 0 Å². The maximum absolute atomic E-state index is 6.28. The predicted molar refractivity (Wildman–Crippen MR) is 76.5 cm³/mol. The normalized spacial score (nSPS) is 12.8. The minimum absolute atomic E-state index is 0.0677. The quantitative estimate of drug-likeness (QED) is 0.882. The summed E-state index contributed by atoms with van der Waals surface area (Å²) >= 11 is 6.28. The van der Waals surface area contributed by atoms with Gasteiger partial charge in [-0.25, -0.2) is 0 Å².